The van der Waals surface area contributed by atoms with Gasteiger partial charge in [0.05, 0.1) is 16.6 Å². The Labute approximate surface area is 116 Å². The molecule has 0 aromatic heterocycles. The van der Waals surface area contributed by atoms with Gasteiger partial charge < -0.3 is 15.5 Å². The average molecular weight is 282 g/mol. The molecule has 7 heteroatoms. The van der Waals surface area contributed by atoms with Gasteiger partial charge >= 0.3 is 5.97 Å². The van der Waals surface area contributed by atoms with Crippen molar-refractivity contribution < 1.29 is 19.9 Å². The van der Waals surface area contributed by atoms with Gasteiger partial charge in [0, 0.05) is 23.9 Å². The molecule has 0 fully saturated rings. The number of nitrogens with zero attached hydrogens (tertiary/aromatic N) is 1. The first-order chi connectivity index (χ1) is 9.36. The van der Waals surface area contributed by atoms with Gasteiger partial charge in [0.1, 0.15) is 0 Å². The van der Waals surface area contributed by atoms with Crippen LogP contribution in [0.2, 0.25) is 0 Å². The number of hydrogen-bond acceptors (Lipinski definition) is 5. The van der Waals surface area contributed by atoms with Crippen LogP contribution in [-0.2, 0) is 0 Å². The largest absolute Gasteiger partial charge is 0.478 e. The smallest absolute Gasteiger partial charge is 0.336 e. The van der Waals surface area contributed by atoms with Crippen LogP contribution in [-0.4, -0.2) is 33.8 Å². The quantitative estimate of drug-likeness (QED) is 0.522. The van der Waals surface area contributed by atoms with Crippen molar-refractivity contribution in [3.63, 3.8) is 0 Å². The Morgan fingerprint density at radius 2 is 2.15 bits per heavy atom. The Hall–Kier alpha value is -2.15. The summed E-state index contributed by atoms with van der Waals surface area (Å²) in [4.78, 5) is 21.3. The third kappa shape index (κ3) is 3.92. The molecule has 1 rings (SSSR count). The lowest BCUT2D eigenvalue weighted by molar-refractivity contribution is -0.385. The number of nitro benzene ring substituents is 1. The summed E-state index contributed by atoms with van der Waals surface area (Å²) in [5, 5.41) is 32.4. The lowest BCUT2D eigenvalue weighted by Gasteiger charge is -2.14. The molecule has 0 amide bonds. The van der Waals surface area contributed by atoms with Crippen LogP contribution in [0.1, 0.15) is 35.7 Å². The maximum absolute atomic E-state index is 11.0. The number of hydrogen-bond donors (Lipinski definition) is 3. The number of carboxylic acid groups (broad SMARTS) is 1. The first kappa shape index (κ1) is 15.9. The highest BCUT2D eigenvalue weighted by atomic mass is 16.6. The van der Waals surface area contributed by atoms with Crippen molar-refractivity contribution in [1.29, 1.82) is 0 Å². The first-order valence-corrected chi connectivity index (χ1v) is 6.31. The van der Waals surface area contributed by atoms with E-state index in [0.29, 0.717) is 17.7 Å². The van der Waals surface area contributed by atoms with Crippen molar-refractivity contribution >= 4 is 17.3 Å². The molecule has 0 radical (unpaired) electrons. The number of aliphatic hydroxyl groups is 1. The average Bonchev–Trinajstić information content (AvgIpc) is 2.37. The van der Waals surface area contributed by atoms with Crippen molar-refractivity contribution in [2.24, 2.45) is 0 Å². The lowest BCUT2D eigenvalue weighted by atomic mass is 10.1. The van der Waals surface area contributed by atoms with Crippen LogP contribution in [0.4, 0.5) is 11.4 Å². The van der Waals surface area contributed by atoms with Crippen LogP contribution in [0.15, 0.2) is 12.1 Å². The van der Waals surface area contributed by atoms with Crippen molar-refractivity contribution in [3.05, 3.63) is 33.4 Å². The monoisotopic (exact) mass is 282 g/mol. The summed E-state index contributed by atoms with van der Waals surface area (Å²) in [7, 11) is 0. The van der Waals surface area contributed by atoms with Gasteiger partial charge in [-0.05, 0) is 19.4 Å². The number of carbonyl (C=O) groups is 1. The highest BCUT2D eigenvalue weighted by Gasteiger charge is 2.19. The Bertz CT molecular complexity index is 516. The molecule has 1 aromatic carbocycles. The van der Waals surface area contributed by atoms with Crippen molar-refractivity contribution in [2.45, 2.75) is 32.8 Å². The molecule has 0 saturated carbocycles. The number of rotatable bonds is 7. The highest BCUT2D eigenvalue weighted by Crippen LogP contribution is 2.27. The first-order valence-electron chi connectivity index (χ1n) is 6.31. The molecular weight excluding hydrogens is 264 g/mol. The molecule has 110 valence electrons. The van der Waals surface area contributed by atoms with Crippen LogP contribution >= 0.6 is 0 Å². The number of aliphatic hydroxyl groups excluding tert-OH is 1. The summed E-state index contributed by atoms with van der Waals surface area (Å²) in [6.07, 6.45) is 0.844. The van der Waals surface area contributed by atoms with Crippen molar-refractivity contribution in [2.75, 3.05) is 11.9 Å². The molecule has 3 N–H and O–H groups in total. The predicted molar refractivity (Wildman–Crippen MR) is 74.2 cm³/mol. The number of aromatic carboxylic acids is 1. The molecule has 0 saturated heterocycles. The van der Waals surface area contributed by atoms with E-state index in [0.717, 1.165) is 12.5 Å². The molecular formula is C13H18N2O5. The Kier molecular flexibility index (Phi) is 5.45. The summed E-state index contributed by atoms with van der Waals surface area (Å²) in [5.74, 6) is -1.23. The zero-order valence-corrected chi connectivity index (χ0v) is 11.4. The van der Waals surface area contributed by atoms with Gasteiger partial charge in [0.25, 0.3) is 5.69 Å². The minimum Gasteiger partial charge on any atom is -0.478 e. The fourth-order valence-corrected chi connectivity index (χ4v) is 1.86. The van der Waals surface area contributed by atoms with E-state index in [2.05, 4.69) is 5.32 Å². The van der Waals surface area contributed by atoms with E-state index in [4.69, 9.17) is 5.11 Å². The van der Waals surface area contributed by atoms with Crippen LogP contribution in [0.3, 0.4) is 0 Å². The van der Waals surface area contributed by atoms with Crippen molar-refractivity contribution in [3.8, 4) is 0 Å². The van der Waals surface area contributed by atoms with Gasteiger partial charge in [-0.25, -0.2) is 4.79 Å². The van der Waals surface area contributed by atoms with E-state index >= 15 is 0 Å². The molecule has 0 aliphatic heterocycles. The van der Waals surface area contributed by atoms with Crippen LogP contribution in [0.25, 0.3) is 0 Å². The maximum Gasteiger partial charge on any atom is 0.336 e. The Morgan fingerprint density at radius 1 is 1.50 bits per heavy atom. The summed E-state index contributed by atoms with van der Waals surface area (Å²) >= 11 is 0. The molecule has 1 unspecified atom stereocenters. The minimum atomic E-state index is -1.23. The predicted octanol–water partition coefficient (Wildman–Crippen LogP) is 2.17. The van der Waals surface area contributed by atoms with Gasteiger partial charge in [-0.2, -0.15) is 0 Å². The summed E-state index contributed by atoms with van der Waals surface area (Å²) in [6.45, 7) is 3.69. The van der Waals surface area contributed by atoms with Crippen molar-refractivity contribution in [1.82, 2.24) is 0 Å². The maximum atomic E-state index is 11.0. The van der Waals surface area contributed by atoms with Gasteiger partial charge in [0.15, 0.2) is 0 Å². The van der Waals surface area contributed by atoms with E-state index < -0.39 is 17.0 Å². The highest BCUT2D eigenvalue weighted by molar-refractivity contribution is 5.90. The molecule has 0 aliphatic carbocycles. The second kappa shape index (κ2) is 6.85. The Balaban J connectivity index is 3.05. The summed E-state index contributed by atoms with van der Waals surface area (Å²) in [5.41, 5.74) is 0.294. The molecule has 7 nitrogen and oxygen atoms in total. The zero-order chi connectivity index (χ0) is 15.3. The molecule has 0 spiro atoms. The molecule has 0 aliphatic rings. The number of nitrogens with one attached hydrogen (secondary N) is 1. The molecule has 0 bridgehead atoms. The van der Waals surface area contributed by atoms with Crippen LogP contribution in [0.5, 0.6) is 0 Å². The number of nitro groups is 1. The zero-order valence-electron chi connectivity index (χ0n) is 11.4. The SMILES string of the molecule is CCCC(O)CNc1cc(C(=O)O)cc([N+](=O)[O-])c1C. The number of benzene rings is 1. The van der Waals surface area contributed by atoms with Gasteiger partial charge in [-0.3, -0.25) is 10.1 Å². The van der Waals surface area contributed by atoms with E-state index in [1.165, 1.54) is 13.0 Å². The fraction of sp³-hybridized carbons (Fsp3) is 0.462. The molecule has 20 heavy (non-hydrogen) atoms. The summed E-state index contributed by atoms with van der Waals surface area (Å²) < 4.78 is 0. The lowest BCUT2D eigenvalue weighted by Crippen LogP contribution is -2.20. The molecule has 1 aromatic rings. The van der Waals surface area contributed by atoms with Gasteiger partial charge in [-0.15, -0.1) is 0 Å². The Morgan fingerprint density at radius 3 is 2.65 bits per heavy atom. The van der Waals surface area contributed by atoms with Crippen LogP contribution < -0.4 is 5.32 Å². The minimum absolute atomic E-state index is 0.158. The van der Waals surface area contributed by atoms with Gasteiger partial charge in [0.2, 0.25) is 0 Å². The summed E-state index contributed by atoms with van der Waals surface area (Å²) in [6, 6.07) is 2.37. The number of carboxylic acids is 1. The number of anilines is 1. The van der Waals surface area contributed by atoms with E-state index in [9.17, 15) is 20.0 Å². The second-order valence-corrected chi connectivity index (χ2v) is 4.55. The molecule has 0 heterocycles. The standard InChI is InChI=1S/C13H18N2O5/c1-3-4-10(16)7-14-11-5-9(13(17)18)6-12(8(11)2)15(19)20/h5-6,10,14,16H,3-4,7H2,1-2H3,(H,17,18). The van der Waals surface area contributed by atoms with E-state index in [1.54, 1.807) is 0 Å². The van der Waals surface area contributed by atoms with E-state index in [-0.39, 0.29) is 17.8 Å². The third-order valence-corrected chi connectivity index (χ3v) is 2.97. The second-order valence-electron chi connectivity index (χ2n) is 4.55. The molecule has 1 atom stereocenters. The van der Waals surface area contributed by atoms with E-state index in [1.807, 2.05) is 6.92 Å². The normalized spacial score (nSPS) is 11.9. The van der Waals surface area contributed by atoms with Gasteiger partial charge in [-0.1, -0.05) is 13.3 Å². The third-order valence-electron chi connectivity index (χ3n) is 2.97. The van der Waals surface area contributed by atoms with Crippen LogP contribution in [0, 0.1) is 17.0 Å². The topological polar surface area (TPSA) is 113 Å². The fourth-order valence-electron chi connectivity index (χ4n) is 1.86.